The van der Waals surface area contributed by atoms with E-state index >= 15 is 0 Å². The maximum Gasteiger partial charge on any atom is 0.300 e. The molecule has 2 aromatic carbocycles. The topological polar surface area (TPSA) is 126 Å². The van der Waals surface area contributed by atoms with Gasteiger partial charge in [-0.1, -0.05) is 48.5 Å². The summed E-state index contributed by atoms with van der Waals surface area (Å²) >= 11 is 0. The van der Waals surface area contributed by atoms with Crippen LogP contribution in [0.4, 0.5) is 0 Å². The van der Waals surface area contributed by atoms with Gasteiger partial charge in [0.15, 0.2) is 0 Å². The van der Waals surface area contributed by atoms with E-state index in [9.17, 15) is 0 Å². The fraction of sp³-hybridized carbons (Fsp3) is 0.0714. The largest absolute Gasteiger partial charge is 0.481 e. The normalized spacial score (nSPS) is 9.57. The maximum absolute atomic E-state index is 9.00. The Morgan fingerprint density at radius 3 is 0.865 bits per heavy atom. The number of rotatable bonds is 0. The number of fused-ring (bicyclic) bond motifs is 6. The fourth-order valence-electron chi connectivity index (χ4n) is 3.36. The Labute approximate surface area is 226 Å². The standard InChI is InChI=1S/2C12H8N2.2C2H4O2.Pd/c2*1-3-9-5-6-10-4-2-8-14-12(10)11(9)13-7-1;2*1-2(3)4;/h2*1-8H;2*1H3,(H,3,4);. The molecular weight excluding hydrogens is 563 g/mol. The molecule has 8 nitrogen and oxygen atoms in total. The van der Waals surface area contributed by atoms with E-state index in [4.69, 9.17) is 19.8 Å². The van der Waals surface area contributed by atoms with Crippen LogP contribution in [0.5, 0.6) is 0 Å². The molecular formula is C28H24N4O4Pd. The Balaban J connectivity index is 0.000000199. The third-order valence-corrected chi connectivity index (χ3v) is 4.69. The zero-order valence-corrected chi connectivity index (χ0v) is 21.6. The van der Waals surface area contributed by atoms with Crippen LogP contribution in [0.2, 0.25) is 0 Å². The van der Waals surface area contributed by atoms with Gasteiger partial charge < -0.3 is 10.2 Å². The van der Waals surface area contributed by atoms with Gasteiger partial charge in [-0.15, -0.1) is 0 Å². The predicted octanol–water partition coefficient (Wildman–Crippen LogP) is 5.75. The Bertz CT molecular complexity index is 1400. The molecule has 0 fully saturated rings. The summed E-state index contributed by atoms with van der Waals surface area (Å²) < 4.78 is 0. The number of nitrogens with zero attached hydrogens (tertiary/aromatic N) is 4. The van der Waals surface area contributed by atoms with E-state index in [0.29, 0.717) is 0 Å². The zero-order chi connectivity index (χ0) is 25.9. The first kappa shape index (κ1) is 28.9. The van der Waals surface area contributed by atoms with Crippen LogP contribution in [-0.2, 0) is 30.0 Å². The summed E-state index contributed by atoms with van der Waals surface area (Å²) in [6.07, 6.45) is 7.21. The van der Waals surface area contributed by atoms with Gasteiger partial charge in [0.2, 0.25) is 0 Å². The molecule has 4 heterocycles. The van der Waals surface area contributed by atoms with E-state index in [0.717, 1.165) is 57.5 Å². The summed E-state index contributed by atoms with van der Waals surface area (Å²) in [7, 11) is 0. The molecule has 0 aliphatic heterocycles. The Morgan fingerprint density at radius 1 is 0.486 bits per heavy atom. The molecule has 37 heavy (non-hydrogen) atoms. The number of carboxylic acids is 2. The van der Waals surface area contributed by atoms with Crippen molar-refractivity contribution in [2.24, 2.45) is 0 Å². The van der Waals surface area contributed by atoms with Gasteiger partial charge in [0, 0.05) is 80.6 Å². The van der Waals surface area contributed by atoms with Crippen molar-refractivity contribution in [1.82, 2.24) is 19.9 Å². The molecule has 0 saturated heterocycles. The number of carboxylic acid groups (broad SMARTS) is 2. The van der Waals surface area contributed by atoms with Crippen molar-refractivity contribution in [3.05, 3.63) is 97.6 Å². The van der Waals surface area contributed by atoms with Crippen molar-refractivity contribution >= 4 is 55.6 Å². The van der Waals surface area contributed by atoms with Crippen molar-refractivity contribution in [1.29, 1.82) is 0 Å². The van der Waals surface area contributed by atoms with Gasteiger partial charge in [-0.25, -0.2) is 0 Å². The van der Waals surface area contributed by atoms with E-state index < -0.39 is 11.9 Å². The fourth-order valence-corrected chi connectivity index (χ4v) is 3.36. The minimum absolute atomic E-state index is 0. The first-order chi connectivity index (χ1) is 17.4. The molecule has 0 aliphatic carbocycles. The monoisotopic (exact) mass is 586 g/mol. The summed E-state index contributed by atoms with van der Waals surface area (Å²) in [5.74, 6) is -1.67. The second-order valence-corrected chi connectivity index (χ2v) is 7.47. The van der Waals surface area contributed by atoms with Gasteiger partial charge in [0.1, 0.15) is 0 Å². The van der Waals surface area contributed by atoms with Crippen molar-refractivity contribution in [2.75, 3.05) is 0 Å². The minimum Gasteiger partial charge on any atom is -0.481 e. The second-order valence-electron chi connectivity index (χ2n) is 7.47. The Morgan fingerprint density at radius 2 is 0.676 bits per heavy atom. The van der Waals surface area contributed by atoms with Crippen LogP contribution in [0.25, 0.3) is 43.6 Å². The van der Waals surface area contributed by atoms with Crippen molar-refractivity contribution < 1.29 is 40.2 Å². The smallest absolute Gasteiger partial charge is 0.300 e. The van der Waals surface area contributed by atoms with Crippen molar-refractivity contribution in [3.63, 3.8) is 0 Å². The maximum atomic E-state index is 9.00. The van der Waals surface area contributed by atoms with E-state index in [2.05, 4.69) is 68.5 Å². The summed E-state index contributed by atoms with van der Waals surface area (Å²) in [5, 5.41) is 19.4. The average molecular weight is 587 g/mol. The number of aromatic nitrogens is 4. The number of aliphatic carboxylic acids is 2. The van der Waals surface area contributed by atoms with E-state index in [1.807, 2.05) is 24.3 Å². The van der Waals surface area contributed by atoms with E-state index in [1.165, 1.54) is 0 Å². The quantitative estimate of drug-likeness (QED) is 0.170. The molecule has 0 atom stereocenters. The number of pyridine rings is 4. The van der Waals surface area contributed by atoms with Crippen molar-refractivity contribution in [3.8, 4) is 0 Å². The summed E-state index contributed by atoms with van der Waals surface area (Å²) in [4.78, 5) is 35.4. The van der Waals surface area contributed by atoms with Gasteiger partial charge in [0.05, 0.1) is 22.1 Å². The van der Waals surface area contributed by atoms with Crippen LogP contribution < -0.4 is 0 Å². The third kappa shape index (κ3) is 8.39. The molecule has 0 radical (unpaired) electrons. The molecule has 0 unspecified atom stereocenters. The Kier molecular flexibility index (Phi) is 11.2. The molecule has 9 heteroatoms. The van der Waals surface area contributed by atoms with Gasteiger partial charge >= 0.3 is 0 Å². The van der Waals surface area contributed by atoms with E-state index in [1.54, 1.807) is 24.8 Å². The SMILES string of the molecule is CC(=O)O.CC(=O)O.[Pd].c1cnc2c(c1)ccc1cccnc12.c1cnc2c(c1)ccc1cccnc12. The molecule has 0 bridgehead atoms. The van der Waals surface area contributed by atoms with Crippen LogP contribution in [0.3, 0.4) is 0 Å². The van der Waals surface area contributed by atoms with Crippen LogP contribution in [-0.4, -0.2) is 42.1 Å². The summed E-state index contributed by atoms with van der Waals surface area (Å²) in [5.41, 5.74) is 3.91. The van der Waals surface area contributed by atoms with E-state index in [-0.39, 0.29) is 20.4 Å². The predicted molar refractivity (Wildman–Crippen MR) is 141 cm³/mol. The summed E-state index contributed by atoms with van der Waals surface area (Å²) in [6, 6.07) is 24.3. The summed E-state index contributed by atoms with van der Waals surface area (Å²) in [6.45, 7) is 2.17. The van der Waals surface area contributed by atoms with Gasteiger partial charge in [-0.3, -0.25) is 29.5 Å². The molecule has 4 aromatic heterocycles. The molecule has 0 aliphatic rings. The minimum atomic E-state index is -0.833. The van der Waals surface area contributed by atoms with Crippen LogP contribution in [0.15, 0.2) is 97.6 Å². The van der Waals surface area contributed by atoms with Crippen molar-refractivity contribution in [2.45, 2.75) is 13.8 Å². The van der Waals surface area contributed by atoms with Gasteiger partial charge in [-0.2, -0.15) is 0 Å². The van der Waals surface area contributed by atoms with Crippen LogP contribution in [0, 0.1) is 0 Å². The first-order valence-electron chi connectivity index (χ1n) is 10.9. The van der Waals surface area contributed by atoms with Crippen LogP contribution >= 0.6 is 0 Å². The number of carbonyl (C=O) groups is 2. The van der Waals surface area contributed by atoms with Crippen LogP contribution in [0.1, 0.15) is 13.8 Å². The average Bonchev–Trinajstić information content (AvgIpc) is 2.88. The molecule has 2 N–H and O–H groups in total. The number of benzene rings is 2. The molecule has 190 valence electrons. The third-order valence-electron chi connectivity index (χ3n) is 4.69. The zero-order valence-electron chi connectivity index (χ0n) is 20.1. The first-order valence-corrected chi connectivity index (χ1v) is 10.9. The number of hydrogen-bond acceptors (Lipinski definition) is 6. The number of hydrogen-bond donors (Lipinski definition) is 2. The van der Waals surface area contributed by atoms with Gasteiger partial charge in [0.25, 0.3) is 11.9 Å². The molecule has 6 aromatic rings. The Hall–Kier alpha value is -4.32. The molecule has 0 saturated carbocycles. The molecule has 0 amide bonds. The molecule has 6 rings (SSSR count). The molecule has 0 spiro atoms. The van der Waals surface area contributed by atoms with Gasteiger partial charge in [-0.05, 0) is 24.3 Å². The second kappa shape index (κ2) is 14.3.